The molecule has 1 aliphatic rings. The van der Waals surface area contributed by atoms with Gasteiger partial charge in [-0.3, -0.25) is 13.9 Å². The number of hydrogen-bond acceptors (Lipinski definition) is 4. The molecule has 0 aromatic heterocycles. The molecule has 8 heteroatoms. The number of nitrogens with one attached hydrogen (secondary N) is 1. The Bertz CT molecular complexity index is 1360. The zero-order valence-corrected chi connectivity index (χ0v) is 24.1. The number of aryl methyl sites for hydroxylation is 1. The number of rotatable bonds is 12. The predicted molar refractivity (Wildman–Crippen MR) is 159 cm³/mol. The fourth-order valence-electron chi connectivity index (χ4n) is 5.11. The summed E-state index contributed by atoms with van der Waals surface area (Å²) < 4.78 is 28.8. The zero-order chi connectivity index (χ0) is 28.5. The molecule has 1 atom stereocenters. The summed E-state index contributed by atoms with van der Waals surface area (Å²) in [6, 6.07) is 24.5. The molecule has 1 saturated carbocycles. The first-order valence-electron chi connectivity index (χ1n) is 14.1. The van der Waals surface area contributed by atoms with Gasteiger partial charge in [-0.2, -0.15) is 0 Å². The number of carbonyl (C=O) groups is 2. The summed E-state index contributed by atoms with van der Waals surface area (Å²) in [5.74, 6) is -0.637. The number of hydrogen-bond donors (Lipinski definition) is 1. The van der Waals surface area contributed by atoms with Crippen LogP contribution in [0, 0.1) is 0 Å². The van der Waals surface area contributed by atoms with Crippen molar-refractivity contribution in [2.75, 3.05) is 17.4 Å². The quantitative estimate of drug-likeness (QED) is 0.339. The first-order valence-corrected chi connectivity index (χ1v) is 15.5. The molecule has 3 aromatic carbocycles. The molecule has 2 amide bonds. The number of sulfonamides is 1. The van der Waals surface area contributed by atoms with E-state index in [0.717, 1.165) is 47.5 Å². The highest BCUT2D eigenvalue weighted by molar-refractivity contribution is 7.92. The summed E-state index contributed by atoms with van der Waals surface area (Å²) in [5.41, 5.74) is 2.50. The number of anilines is 1. The Morgan fingerprint density at radius 1 is 0.875 bits per heavy atom. The van der Waals surface area contributed by atoms with E-state index >= 15 is 0 Å². The first-order chi connectivity index (χ1) is 19.3. The van der Waals surface area contributed by atoms with Crippen LogP contribution in [0.25, 0.3) is 0 Å². The third-order valence-corrected chi connectivity index (χ3v) is 9.38. The number of carbonyl (C=O) groups excluding carboxylic acids is 2. The van der Waals surface area contributed by atoms with E-state index in [-0.39, 0.29) is 23.4 Å². The molecule has 1 fully saturated rings. The summed E-state index contributed by atoms with van der Waals surface area (Å²) in [5, 5.41) is 3.10. The minimum absolute atomic E-state index is 0.102. The fraction of sp³-hybridized carbons (Fsp3) is 0.375. The van der Waals surface area contributed by atoms with Gasteiger partial charge in [0.05, 0.1) is 10.6 Å². The molecule has 7 nitrogen and oxygen atoms in total. The van der Waals surface area contributed by atoms with Crippen molar-refractivity contribution in [3.8, 4) is 0 Å². The smallest absolute Gasteiger partial charge is 0.264 e. The zero-order valence-electron chi connectivity index (χ0n) is 23.3. The summed E-state index contributed by atoms with van der Waals surface area (Å²) in [6.07, 6.45) is 5.40. The van der Waals surface area contributed by atoms with Crippen molar-refractivity contribution in [2.45, 2.75) is 69.4 Å². The molecule has 212 valence electrons. The van der Waals surface area contributed by atoms with E-state index in [0.29, 0.717) is 12.1 Å². The SMILES string of the molecule is CCc1ccc(N(CC(=O)N(CCc2ccccc2)[C@H](C)C(=O)NC2CCCC2)S(=O)(=O)c2ccccc2)cc1. The van der Waals surface area contributed by atoms with Crippen molar-refractivity contribution in [3.63, 3.8) is 0 Å². The first kappa shape index (κ1) is 29.3. The molecule has 0 heterocycles. The third kappa shape index (κ3) is 7.30. The van der Waals surface area contributed by atoms with Gasteiger partial charge in [-0.15, -0.1) is 0 Å². The standard InChI is InChI=1S/C32H39N3O4S/c1-3-26-18-20-29(21-19-26)35(40(38,39)30-16-8-5-9-17-30)24-31(36)34(23-22-27-12-6-4-7-13-27)25(2)32(37)33-28-14-10-11-15-28/h4-9,12-13,16-21,25,28H,3,10-11,14-15,22-24H2,1-2H3,(H,33,37)/t25-/m1/s1. The molecule has 0 unspecified atom stereocenters. The molecule has 4 rings (SSSR count). The topological polar surface area (TPSA) is 86.8 Å². The Hall–Kier alpha value is -3.65. The van der Waals surface area contributed by atoms with Crippen molar-refractivity contribution in [1.29, 1.82) is 0 Å². The van der Waals surface area contributed by atoms with Crippen LogP contribution in [0.5, 0.6) is 0 Å². The van der Waals surface area contributed by atoms with Gasteiger partial charge in [-0.05, 0) is 68.0 Å². The van der Waals surface area contributed by atoms with E-state index in [1.807, 2.05) is 49.4 Å². The van der Waals surface area contributed by atoms with Crippen molar-refractivity contribution in [1.82, 2.24) is 10.2 Å². The number of benzene rings is 3. The van der Waals surface area contributed by atoms with Gasteiger partial charge in [0.1, 0.15) is 12.6 Å². The van der Waals surface area contributed by atoms with Crippen LogP contribution in [0.2, 0.25) is 0 Å². The van der Waals surface area contributed by atoms with E-state index in [4.69, 9.17) is 0 Å². The van der Waals surface area contributed by atoms with Crippen LogP contribution >= 0.6 is 0 Å². The molecule has 0 saturated heterocycles. The number of nitrogens with zero attached hydrogens (tertiary/aromatic N) is 2. The van der Waals surface area contributed by atoms with E-state index in [1.54, 1.807) is 37.3 Å². The second kappa shape index (κ2) is 13.6. The molecule has 0 aliphatic heterocycles. The van der Waals surface area contributed by atoms with Crippen LogP contribution in [-0.4, -0.2) is 50.3 Å². The van der Waals surface area contributed by atoms with Crippen molar-refractivity contribution < 1.29 is 18.0 Å². The average Bonchev–Trinajstić information content (AvgIpc) is 3.50. The van der Waals surface area contributed by atoms with Crippen LogP contribution in [-0.2, 0) is 32.5 Å². The van der Waals surface area contributed by atoms with E-state index in [9.17, 15) is 18.0 Å². The molecular formula is C32H39N3O4S. The maximum Gasteiger partial charge on any atom is 0.264 e. The monoisotopic (exact) mass is 561 g/mol. The normalized spacial score (nSPS) is 14.4. The molecule has 3 aromatic rings. The predicted octanol–water partition coefficient (Wildman–Crippen LogP) is 4.96. The highest BCUT2D eigenvalue weighted by Crippen LogP contribution is 2.25. The minimum Gasteiger partial charge on any atom is -0.352 e. The van der Waals surface area contributed by atoms with Gasteiger partial charge in [0.25, 0.3) is 10.0 Å². The summed E-state index contributed by atoms with van der Waals surface area (Å²) >= 11 is 0. The Balaban J connectivity index is 1.63. The summed E-state index contributed by atoms with van der Waals surface area (Å²) in [4.78, 5) is 28.9. The minimum atomic E-state index is -4.05. The Morgan fingerprint density at radius 2 is 1.48 bits per heavy atom. The van der Waals surface area contributed by atoms with Gasteiger partial charge in [0.2, 0.25) is 11.8 Å². The van der Waals surface area contributed by atoms with Crippen molar-refractivity contribution >= 4 is 27.5 Å². The van der Waals surface area contributed by atoms with Crippen LogP contribution in [0.3, 0.4) is 0 Å². The van der Waals surface area contributed by atoms with Crippen molar-refractivity contribution in [2.24, 2.45) is 0 Å². The van der Waals surface area contributed by atoms with Gasteiger partial charge in [-0.1, -0.05) is 80.4 Å². The molecule has 0 spiro atoms. The Kier molecular flexibility index (Phi) is 9.98. The van der Waals surface area contributed by atoms with Gasteiger partial charge in [0, 0.05) is 12.6 Å². The van der Waals surface area contributed by atoms with Crippen LogP contribution < -0.4 is 9.62 Å². The van der Waals surface area contributed by atoms with Gasteiger partial charge in [0.15, 0.2) is 0 Å². The van der Waals surface area contributed by atoms with E-state index in [1.165, 1.54) is 17.0 Å². The maximum absolute atomic E-state index is 14.0. The Labute approximate surface area is 238 Å². The lowest BCUT2D eigenvalue weighted by Crippen LogP contribution is -2.53. The van der Waals surface area contributed by atoms with Gasteiger partial charge in [-0.25, -0.2) is 8.42 Å². The molecule has 1 N–H and O–H groups in total. The molecule has 0 radical (unpaired) electrons. The highest BCUT2D eigenvalue weighted by atomic mass is 32.2. The molecule has 40 heavy (non-hydrogen) atoms. The Morgan fingerprint density at radius 3 is 2.08 bits per heavy atom. The average molecular weight is 562 g/mol. The van der Waals surface area contributed by atoms with E-state index in [2.05, 4.69) is 5.32 Å². The summed E-state index contributed by atoms with van der Waals surface area (Å²) in [7, 11) is -4.05. The lowest BCUT2D eigenvalue weighted by Gasteiger charge is -2.32. The van der Waals surface area contributed by atoms with Gasteiger partial charge < -0.3 is 10.2 Å². The molecule has 0 bridgehead atoms. The fourth-order valence-corrected chi connectivity index (χ4v) is 6.54. The van der Waals surface area contributed by atoms with Crippen LogP contribution in [0.4, 0.5) is 5.69 Å². The third-order valence-electron chi connectivity index (χ3n) is 7.60. The van der Waals surface area contributed by atoms with E-state index < -0.39 is 28.5 Å². The second-order valence-corrected chi connectivity index (χ2v) is 12.2. The molecule has 1 aliphatic carbocycles. The van der Waals surface area contributed by atoms with Gasteiger partial charge >= 0.3 is 0 Å². The largest absolute Gasteiger partial charge is 0.352 e. The number of amides is 2. The van der Waals surface area contributed by atoms with Crippen LogP contribution in [0.15, 0.2) is 89.8 Å². The van der Waals surface area contributed by atoms with Crippen molar-refractivity contribution in [3.05, 3.63) is 96.1 Å². The second-order valence-electron chi connectivity index (χ2n) is 10.3. The van der Waals surface area contributed by atoms with Crippen LogP contribution in [0.1, 0.15) is 50.7 Å². The lowest BCUT2D eigenvalue weighted by atomic mass is 10.1. The highest BCUT2D eigenvalue weighted by Gasteiger charge is 2.33. The summed E-state index contributed by atoms with van der Waals surface area (Å²) in [6.45, 7) is 3.62. The molecular weight excluding hydrogens is 522 g/mol. The lowest BCUT2D eigenvalue weighted by molar-refractivity contribution is -0.139. The maximum atomic E-state index is 14.0.